The number of ether oxygens (including phenoxy) is 1. The van der Waals surface area contributed by atoms with Crippen molar-refractivity contribution in [2.24, 2.45) is 0 Å². The summed E-state index contributed by atoms with van der Waals surface area (Å²) in [6, 6.07) is 15.8. The van der Waals surface area contributed by atoms with Gasteiger partial charge in [0.15, 0.2) is 17.6 Å². The molecule has 0 aliphatic carbocycles. The quantitative estimate of drug-likeness (QED) is 0.593. The molecule has 0 aliphatic rings. The van der Waals surface area contributed by atoms with E-state index in [0.717, 1.165) is 5.56 Å². The van der Waals surface area contributed by atoms with Crippen LogP contribution in [0.1, 0.15) is 5.56 Å². The Kier molecular flexibility index (Phi) is 6.30. The maximum atomic E-state index is 12.4. The number of nitrogens with zero attached hydrogens (tertiary/aromatic N) is 2. The van der Waals surface area contributed by atoms with E-state index >= 15 is 0 Å². The number of benzene rings is 2. The van der Waals surface area contributed by atoms with Gasteiger partial charge in [0, 0.05) is 5.69 Å². The van der Waals surface area contributed by atoms with Gasteiger partial charge in [-0.3, -0.25) is 9.52 Å². The van der Waals surface area contributed by atoms with Crippen LogP contribution in [0.2, 0.25) is 5.15 Å². The van der Waals surface area contributed by atoms with Crippen molar-refractivity contribution in [1.82, 2.24) is 10.2 Å². The number of anilines is 2. The van der Waals surface area contributed by atoms with Crippen molar-refractivity contribution in [3.8, 4) is 5.75 Å². The van der Waals surface area contributed by atoms with E-state index in [1.807, 2.05) is 19.1 Å². The minimum atomic E-state index is -3.85. The molecule has 0 radical (unpaired) electrons. The number of carbonyl (C=O) groups is 1. The van der Waals surface area contributed by atoms with E-state index in [0.29, 0.717) is 11.4 Å². The van der Waals surface area contributed by atoms with Crippen LogP contribution in [-0.2, 0) is 14.8 Å². The van der Waals surface area contributed by atoms with Crippen LogP contribution in [0, 0.1) is 6.92 Å². The van der Waals surface area contributed by atoms with Crippen LogP contribution in [-0.4, -0.2) is 31.1 Å². The number of nitrogens with one attached hydrogen (secondary N) is 2. The Morgan fingerprint density at radius 1 is 1.00 bits per heavy atom. The molecule has 29 heavy (non-hydrogen) atoms. The molecule has 3 rings (SSSR count). The number of aryl methyl sites for hydroxylation is 1. The smallest absolute Gasteiger partial charge is 0.263 e. The van der Waals surface area contributed by atoms with Crippen LogP contribution in [0.15, 0.2) is 65.6 Å². The summed E-state index contributed by atoms with van der Waals surface area (Å²) >= 11 is 5.63. The van der Waals surface area contributed by atoms with Crippen molar-refractivity contribution < 1.29 is 17.9 Å². The minimum absolute atomic E-state index is 0.00292. The molecule has 150 valence electrons. The SMILES string of the molecule is Cc1ccc(OCC(=O)Nc2ccc(S(=O)(=O)Nc3ccc(Cl)nn3)cc2)cc1. The lowest BCUT2D eigenvalue weighted by Gasteiger charge is -2.09. The summed E-state index contributed by atoms with van der Waals surface area (Å²) < 4.78 is 32.5. The highest BCUT2D eigenvalue weighted by atomic mass is 35.5. The second-order valence-electron chi connectivity index (χ2n) is 6.02. The zero-order chi connectivity index (χ0) is 20.9. The number of hydrogen-bond acceptors (Lipinski definition) is 6. The number of sulfonamides is 1. The normalized spacial score (nSPS) is 11.0. The molecule has 2 aromatic carbocycles. The first-order valence-corrected chi connectivity index (χ1v) is 10.3. The zero-order valence-electron chi connectivity index (χ0n) is 15.3. The first kappa shape index (κ1) is 20.6. The van der Waals surface area contributed by atoms with Crippen LogP contribution in [0.3, 0.4) is 0 Å². The lowest BCUT2D eigenvalue weighted by molar-refractivity contribution is -0.118. The molecule has 0 aliphatic heterocycles. The fourth-order valence-electron chi connectivity index (χ4n) is 2.26. The van der Waals surface area contributed by atoms with E-state index in [2.05, 4.69) is 20.2 Å². The molecule has 1 heterocycles. The molecule has 0 fully saturated rings. The van der Waals surface area contributed by atoms with E-state index in [-0.39, 0.29) is 28.4 Å². The molecule has 3 aromatic rings. The largest absolute Gasteiger partial charge is 0.484 e. The van der Waals surface area contributed by atoms with Gasteiger partial charge in [0.1, 0.15) is 5.75 Å². The number of rotatable bonds is 7. The first-order valence-electron chi connectivity index (χ1n) is 8.43. The third kappa shape index (κ3) is 5.90. The van der Waals surface area contributed by atoms with Gasteiger partial charge in [0.2, 0.25) is 0 Å². The van der Waals surface area contributed by atoms with Crippen LogP contribution < -0.4 is 14.8 Å². The molecule has 0 spiro atoms. The van der Waals surface area contributed by atoms with E-state index in [1.165, 1.54) is 36.4 Å². The average Bonchev–Trinajstić information content (AvgIpc) is 2.70. The van der Waals surface area contributed by atoms with Gasteiger partial charge in [-0.25, -0.2) is 8.42 Å². The molecular formula is C19H17ClN4O4S. The van der Waals surface area contributed by atoms with Gasteiger partial charge in [-0.05, 0) is 55.5 Å². The van der Waals surface area contributed by atoms with Crippen molar-refractivity contribution in [1.29, 1.82) is 0 Å². The molecule has 0 saturated heterocycles. The highest BCUT2D eigenvalue weighted by molar-refractivity contribution is 7.92. The zero-order valence-corrected chi connectivity index (χ0v) is 16.9. The molecule has 2 N–H and O–H groups in total. The Labute approximate surface area is 172 Å². The number of amides is 1. The van der Waals surface area contributed by atoms with E-state index in [4.69, 9.17) is 16.3 Å². The maximum Gasteiger partial charge on any atom is 0.263 e. The fourth-order valence-corrected chi connectivity index (χ4v) is 3.36. The van der Waals surface area contributed by atoms with Gasteiger partial charge in [0.25, 0.3) is 15.9 Å². The van der Waals surface area contributed by atoms with Gasteiger partial charge >= 0.3 is 0 Å². The maximum absolute atomic E-state index is 12.4. The summed E-state index contributed by atoms with van der Waals surface area (Å²) in [6.45, 7) is 1.79. The van der Waals surface area contributed by atoms with Crippen molar-refractivity contribution in [2.75, 3.05) is 16.6 Å². The Morgan fingerprint density at radius 2 is 1.69 bits per heavy atom. The van der Waals surface area contributed by atoms with Crippen molar-refractivity contribution >= 4 is 39.0 Å². The summed E-state index contributed by atoms with van der Waals surface area (Å²) in [4.78, 5) is 12.0. The van der Waals surface area contributed by atoms with Gasteiger partial charge < -0.3 is 10.1 Å². The third-order valence-electron chi connectivity index (χ3n) is 3.71. The fraction of sp³-hybridized carbons (Fsp3) is 0.105. The molecule has 0 saturated carbocycles. The van der Waals surface area contributed by atoms with E-state index in [9.17, 15) is 13.2 Å². The lowest BCUT2D eigenvalue weighted by atomic mass is 10.2. The number of halogens is 1. The molecule has 8 nitrogen and oxygen atoms in total. The Hall–Kier alpha value is -3.17. The number of carbonyl (C=O) groups excluding carboxylic acids is 1. The van der Waals surface area contributed by atoms with Crippen molar-refractivity contribution in [3.05, 3.63) is 71.4 Å². The monoisotopic (exact) mass is 432 g/mol. The van der Waals surface area contributed by atoms with Gasteiger partial charge in [-0.1, -0.05) is 29.3 Å². The van der Waals surface area contributed by atoms with E-state index < -0.39 is 10.0 Å². The van der Waals surface area contributed by atoms with Crippen molar-refractivity contribution in [3.63, 3.8) is 0 Å². The molecular weight excluding hydrogens is 416 g/mol. The van der Waals surface area contributed by atoms with Crippen molar-refractivity contribution in [2.45, 2.75) is 11.8 Å². The van der Waals surface area contributed by atoms with Crippen LogP contribution in [0.25, 0.3) is 0 Å². The number of hydrogen-bond donors (Lipinski definition) is 2. The van der Waals surface area contributed by atoms with Gasteiger partial charge in [-0.2, -0.15) is 0 Å². The lowest BCUT2D eigenvalue weighted by Crippen LogP contribution is -2.20. The topological polar surface area (TPSA) is 110 Å². The predicted molar refractivity (Wildman–Crippen MR) is 110 cm³/mol. The van der Waals surface area contributed by atoms with Crippen LogP contribution in [0.5, 0.6) is 5.75 Å². The molecule has 1 amide bonds. The van der Waals surface area contributed by atoms with Gasteiger partial charge in [-0.15, -0.1) is 10.2 Å². The summed E-state index contributed by atoms with van der Waals surface area (Å²) in [5, 5.41) is 10.0. The minimum Gasteiger partial charge on any atom is -0.484 e. The summed E-state index contributed by atoms with van der Waals surface area (Å²) in [6.07, 6.45) is 0. The average molecular weight is 433 g/mol. The summed E-state index contributed by atoms with van der Waals surface area (Å²) in [5.41, 5.74) is 1.53. The standard InChI is InChI=1S/C19H17ClN4O4S/c1-13-2-6-15(7-3-13)28-12-19(25)21-14-4-8-16(9-5-14)29(26,27)24-18-11-10-17(20)22-23-18/h2-11H,12H2,1H3,(H,21,25)(H,23,24). The Balaban J connectivity index is 1.58. The summed E-state index contributed by atoms with van der Waals surface area (Å²) in [5.74, 6) is 0.263. The molecule has 1 aromatic heterocycles. The third-order valence-corrected chi connectivity index (χ3v) is 5.28. The molecule has 10 heteroatoms. The summed E-state index contributed by atoms with van der Waals surface area (Å²) in [7, 11) is -3.85. The van der Waals surface area contributed by atoms with Gasteiger partial charge in [0.05, 0.1) is 4.90 Å². The van der Waals surface area contributed by atoms with Crippen LogP contribution in [0.4, 0.5) is 11.5 Å². The second-order valence-corrected chi connectivity index (χ2v) is 8.09. The Bertz CT molecular complexity index is 1090. The Morgan fingerprint density at radius 3 is 2.31 bits per heavy atom. The predicted octanol–water partition coefficient (Wildman–Crippen LogP) is 3.26. The highest BCUT2D eigenvalue weighted by Gasteiger charge is 2.15. The van der Waals surface area contributed by atoms with E-state index in [1.54, 1.807) is 12.1 Å². The van der Waals surface area contributed by atoms with Crippen LogP contribution >= 0.6 is 11.6 Å². The molecule has 0 atom stereocenters. The first-order chi connectivity index (χ1) is 13.8. The molecule has 0 unspecified atom stereocenters. The highest BCUT2D eigenvalue weighted by Crippen LogP contribution is 2.18. The number of aromatic nitrogens is 2. The second kappa shape index (κ2) is 8.89. The molecule has 0 bridgehead atoms.